The average molecular weight is 302 g/mol. The summed E-state index contributed by atoms with van der Waals surface area (Å²) in [5.41, 5.74) is 0.817. The van der Waals surface area contributed by atoms with Crippen LogP contribution in [0.15, 0.2) is 29.6 Å². The number of nitrogens with one attached hydrogen (secondary N) is 1. The molecular weight excluding hydrogens is 290 g/mol. The smallest absolute Gasteiger partial charge is 0.243 e. The molecule has 7 nitrogen and oxygen atoms in total. The highest BCUT2D eigenvalue weighted by Gasteiger charge is 2.14. The van der Waals surface area contributed by atoms with Crippen molar-refractivity contribution in [3.8, 4) is 0 Å². The second-order valence-electron chi connectivity index (χ2n) is 3.82. The summed E-state index contributed by atoms with van der Waals surface area (Å²) in [6.07, 6.45) is 4.64. The minimum Gasteiger partial charge on any atom is -0.276 e. The van der Waals surface area contributed by atoms with Crippen LogP contribution < -0.4 is 4.72 Å². The van der Waals surface area contributed by atoms with Gasteiger partial charge in [-0.2, -0.15) is 5.10 Å². The lowest BCUT2D eigenvalue weighted by molar-refractivity contribution is 0.580. The molecule has 0 radical (unpaired) electrons. The van der Waals surface area contributed by atoms with E-state index in [9.17, 15) is 8.42 Å². The normalized spacial score (nSPS) is 11.7. The molecule has 0 aromatic carbocycles. The molecule has 0 unspecified atom stereocenters. The molecule has 0 aliphatic carbocycles. The molecule has 0 bridgehead atoms. The van der Waals surface area contributed by atoms with Crippen LogP contribution in [0.1, 0.15) is 5.69 Å². The third kappa shape index (κ3) is 3.72. The van der Waals surface area contributed by atoms with Crippen molar-refractivity contribution in [2.45, 2.75) is 11.3 Å². The Kier molecular flexibility index (Phi) is 4.13. The van der Waals surface area contributed by atoms with E-state index in [1.807, 2.05) is 6.07 Å². The molecule has 2 heterocycles. The summed E-state index contributed by atoms with van der Waals surface area (Å²) in [6.45, 7) is 0.252. The molecule has 0 spiro atoms. The van der Waals surface area contributed by atoms with E-state index >= 15 is 0 Å². The van der Waals surface area contributed by atoms with Gasteiger partial charge in [0.25, 0.3) is 0 Å². The molecule has 0 aliphatic heterocycles. The van der Waals surface area contributed by atoms with Crippen LogP contribution in [0.5, 0.6) is 0 Å². The number of hydrogen-bond donors (Lipinski definition) is 1. The summed E-state index contributed by atoms with van der Waals surface area (Å²) in [5.74, 6) is 0. The molecule has 0 saturated heterocycles. The molecule has 0 aliphatic rings. The summed E-state index contributed by atoms with van der Waals surface area (Å²) >= 11 is 5.50. The van der Waals surface area contributed by atoms with E-state index in [0.29, 0.717) is 6.42 Å². The quantitative estimate of drug-likeness (QED) is 0.807. The van der Waals surface area contributed by atoms with Crippen LogP contribution in [0.2, 0.25) is 5.28 Å². The number of aryl methyl sites for hydroxylation is 1. The first-order chi connectivity index (χ1) is 8.97. The molecule has 102 valence electrons. The van der Waals surface area contributed by atoms with E-state index in [0.717, 1.165) is 5.69 Å². The summed E-state index contributed by atoms with van der Waals surface area (Å²) in [5, 5.41) is 4.16. The van der Waals surface area contributed by atoms with E-state index < -0.39 is 10.0 Å². The first-order valence-corrected chi connectivity index (χ1v) is 7.29. The third-order valence-electron chi connectivity index (χ3n) is 2.35. The van der Waals surface area contributed by atoms with Gasteiger partial charge in [-0.3, -0.25) is 4.68 Å². The van der Waals surface area contributed by atoms with E-state index in [1.165, 1.54) is 12.4 Å². The van der Waals surface area contributed by atoms with Crippen LogP contribution in [0.25, 0.3) is 0 Å². The molecule has 2 aromatic heterocycles. The standard InChI is InChI=1S/C10H12ClN5O2S/c1-16-5-3-8(15-16)2-4-14-19(17,18)9-6-12-10(11)13-7-9/h3,5-7,14H,2,4H2,1H3. The second kappa shape index (κ2) is 5.64. The van der Waals surface area contributed by atoms with Gasteiger partial charge in [0.15, 0.2) is 0 Å². The van der Waals surface area contributed by atoms with E-state index in [4.69, 9.17) is 11.6 Å². The maximum Gasteiger partial charge on any atom is 0.243 e. The van der Waals surface area contributed by atoms with Gasteiger partial charge in [0, 0.05) is 26.2 Å². The molecule has 2 rings (SSSR count). The summed E-state index contributed by atoms with van der Waals surface area (Å²) in [7, 11) is -1.80. The number of halogens is 1. The Morgan fingerprint density at radius 1 is 1.37 bits per heavy atom. The zero-order chi connectivity index (χ0) is 13.9. The number of nitrogens with zero attached hydrogens (tertiary/aromatic N) is 4. The number of rotatable bonds is 5. The molecule has 0 fully saturated rings. The average Bonchev–Trinajstić information content (AvgIpc) is 2.75. The first-order valence-electron chi connectivity index (χ1n) is 5.43. The van der Waals surface area contributed by atoms with Crippen molar-refractivity contribution < 1.29 is 8.42 Å². The molecular formula is C10H12ClN5O2S. The zero-order valence-electron chi connectivity index (χ0n) is 10.1. The number of hydrogen-bond acceptors (Lipinski definition) is 5. The molecule has 9 heteroatoms. The summed E-state index contributed by atoms with van der Waals surface area (Å²) < 4.78 is 27.9. The Bertz CT molecular complexity index is 653. The lowest BCUT2D eigenvalue weighted by Gasteiger charge is -2.04. The molecule has 0 saturated carbocycles. The van der Waals surface area contributed by atoms with Gasteiger partial charge in [0.2, 0.25) is 15.3 Å². The van der Waals surface area contributed by atoms with Crippen molar-refractivity contribution in [2.75, 3.05) is 6.54 Å². The van der Waals surface area contributed by atoms with Gasteiger partial charge in [-0.25, -0.2) is 23.1 Å². The van der Waals surface area contributed by atoms with E-state index in [1.54, 1.807) is 17.9 Å². The fourth-order valence-electron chi connectivity index (χ4n) is 1.43. The van der Waals surface area contributed by atoms with Crippen LogP contribution in [0.4, 0.5) is 0 Å². The molecule has 2 aromatic rings. The van der Waals surface area contributed by atoms with Gasteiger partial charge < -0.3 is 0 Å². The fourth-order valence-corrected chi connectivity index (χ4v) is 2.45. The first kappa shape index (κ1) is 13.9. The predicted octanol–water partition coefficient (Wildman–Crippen LogP) is 0.385. The van der Waals surface area contributed by atoms with Gasteiger partial charge >= 0.3 is 0 Å². The van der Waals surface area contributed by atoms with Gasteiger partial charge in [0.05, 0.1) is 18.1 Å². The summed E-state index contributed by atoms with van der Waals surface area (Å²) in [6, 6.07) is 1.83. The van der Waals surface area contributed by atoms with Crippen molar-refractivity contribution >= 4 is 21.6 Å². The number of aromatic nitrogens is 4. The molecule has 0 amide bonds. The van der Waals surface area contributed by atoms with Gasteiger partial charge in [0.1, 0.15) is 4.90 Å². The lowest BCUT2D eigenvalue weighted by atomic mass is 10.3. The molecule has 19 heavy (non-hydrogen) atoms. The topological polar surface area (TPSA) is 89.8 Å². The molecule has 1 N–H and O–H groups in total. The Morgan fingerprint density at radius 2 is 2.05 bits per heavy atom. The fraction of sp³-hybridized carbons (Fsp3) is 0.300. The van der Waals surface area contributed by atoms with Crippen LogP contribution in [0, 0.1) is 0 Å². The van der Waals surface area contributed by atoms with Crippen LogP contribution in [-0.2, 0) is 23.5 Å². The highest BCUT2D eigenvalue weighted by Crippen LogP contribution is 2.07. The minimum atomic E-state index is -3.61. The van der Waals surface area contributed by atoms with Gasteiger partial charge in [-0.1, -0.05) is 0 Å². The highest BCUT2D eigenvalue weighted by atomic mass is 35.5. The maximum atomic E-state index is 11.9. The SMILES string of the molecule is Cn1ccc(CCNS(=O)(=O)c2cnc(Cl)nc2)n1. The van der Waals surface area contributed by atoms with E-state index in [2.05, 4.69) is 19.8 Å². The summed E-state index contributed by atoms with van der Waals surface area (Å²) in [4.78, 5) is 7.25. The van der Waals surface area contributed by atoms with Crippen LogP contribution >= 0.6 is 11.6 Å². The third-order valence-corrected chi connectivity index (χ3v) is 3.96. The predicted molar refractivity (Wildman–Crippen MR) is 69.1 cm³/mol. The molecule has 0 atom stereocenters. The monoisotopic (exact) mass is 301 g/mol. The van der Waals surface area contributed by atoms with Crippen molar-refractivity contribution in [1.29, 1.82) is 0 Å². The Balaban J connectivity index is 1.96. The van der Waals surface area contributed by atoms with Crippen molar-refractivity contribution in [3.63, 3.8) is 0 Å². The maximum absolute atomic E-state index is 11.9. The second-order valence-corrected chi connectivity index (χ2v) is 5.92. The largest absolute Gasteiger partial charge is 0.276 e. The van der Waals surface area contributed by atoms with Crippen molar-refractivity contribution in [2.24, 2.45) is 7.05 Å². The lowest BCUT2D eigenvalue weighted by Crippen LogP contribution is -2.26. The van der Waals surface area contributed by atoms with Crippen molar-refractivity contribution in [1.82, 2.24) is 24.5 Å². The van der Waals surface area contributed by atoms with Crippen LogP contribution in [0.3, 0.4) is 0 Å². The van der Waals surface area contributed by atoms with Gasteiger partial charge in [-0.05, 0) is 17.7 Å². The van der Waals surface area contributed by atoms with Crippen molar-refractivity contribution in [3.05, 3.63) is 35.6 Å². The Labute approximate surface area is 115 Å². The Morgan fingerprint density at radius 3 is 2.63 bits per heavy atom. The minimum absolute atomic E-state index is 0.00688. The van der Waals surface area contributed by atoms with Gasteiger partial charge in [-0.15, -0.1) is 0 Å². The Hall–Kier alpha value is -1.51. The van der Waals surface area contributed by atoms with E-state index in [-0.39, 0.29) is 16.7 Å². The number of sulfonamides is 1. The highest BCUT2D eigenvalue weighted by molar-refractivity contribution is 7.89. The van der Waals surface area contributed by atoms with Crippen LogP contribution in [-0.4, -0.2) is 34.7 Å². The zero-order valence-corrected chi connectivity index (χ0v) is 11.7.